The van der Waals surface area contributed by atoms with Gasteiger partial charge in [0.1, 0.15) is 6.04 Å². The van der Waals surface area contributed by atoms with Crippen LogP contribution in [-0.4, -0.2) is 52.5 Å². The fourth-order valence-corrected chi connectivity index (χ4v) is 3.92. The number of hydrogen-bond donors (Lipinski definition) is 3. The lowest BCUT2D eigenvalue weighted by Crippen LogP contribution is -2.52. The van der Waals surface area contributed by atoms with Crippen molar-refractivity contribution in [2.45, 2.75) is 38.0 Å². The molecule has 2 aromatic rings. The Morgan fingerprint density at radius 2 is 1.76 bits per heavy atom. The van der Waals surface area contributed by atoms with Crippen LogP contribution in [-0.2, 0) is 27.3 Å². The molecule has 0 spiro atoms. The molecule has 180 valence electrons. The van der Waals surface area contributed by atoms with Crippen molar-refractivity contribution < 1.29 is 37.5 Å². The van der Waals surface area contributed by atoms with Crippen LogP contribution in [0.15, 0.2) is 42.5 Å². The Hall–Kier alpha value is -3.73. The number of aliphatic carboxylic acids is 1. The average molecular weight is 477 g/mol. The molecule has 0 radical (unpaired) electrons. The number of benzene rings is 2. The molecule has 1 unspecified atom stereocenters. The van der Waals surface area contributed by atoms with Crippen molar-refractivity contribution in [2.75, 3.05) is 6.54 Å². The Bertz CT molecular complexity index is 1130. The standard InChI is InChI=1S/C21H21N3O3.C2HF3O2/c22-10-9-13-3-1-4-14(11-13)15-5-2-6-16-17(15)12-24(21(16)27)18-7-8-19(25)23-20(18)26;3-2(4,5)1(6)7/h1-6,11,18H,7-10,12,22H2,(H,23,25,26);(H,6,7). The first-order valence-corrected chi connectivity index (χ1v) is 10.4. The number of carbonyl (C=O) groups is 4. The quantitative estimate of drug-likeness (QED) is 0.580. The van der Waals surface area contributed by atoms with Gasteiger partial charge in [0.05, 0.1) is 0 Å². The highest BCUT2D eigenvalue weighted by atomic mass is 19.4. The molecule has 3 amide bonds. The first kappa shape index (κ1) is 24.9. The number of imide groups is 1. The summed E-state index contributed by atoms with van der Waals surface area (Å²) in [6, 6.07) is 13.2. The molecule has 4 N–H and O–H groups in total. The minimum absolute atomic E-state index is 0.153. The second kappa shape index (κ2) is 10.0. The Labute approximate surface area is 192 Å². The van der Waals surface area contributed by atoms with E-state index in [0.717, 1.165) is 28.7 Å². The molecular formula is C23H22F3N3O5. The summed E-state index contributed by atoms with van der Waals surface area (Å²) < 4.78 is 31.7. The number of fused-ring (bicyclic) bond motifs is 1. The summed E-state index contributed by atoms with van der Waals surface area (Å²) in [4.78, 5) is 47.0. The fraction of sp³-hybridized carbons (Fsp3) is 0.304. The molecule has 11 heteroatoms. The average Bonchev–Trinajstić information content (AvgIpc) is 3.10. The fourth-order valence-electron chi connectivity index (χ4n) is 3.92. The maximum atomic E-state index is 12.9. The summed E-state index contributed by atoms with van der Waals surface area (Å²) in [5.41, 5.74) is 10.4. The summed E-state index contributed by atoms with van der Waals surface area (Å²) in [5, 5.41) is 9.46. The van der Waals surface area contributed by atoms with Gasteiger partial charge in [0.2, 0.25) is 11.8 Å². The Kier molecular flexibility index (Phi) is 7.35. The van der Waals surface area contributed by atoms with Crippen molar-refractivity contribution >= 4 is 23.7 Å². The Balaban J connectivity index is 0.000000406. The molecule has 2 aliphatic heterocycles. The molecule has 0 bridgehead atoms. The third kappa shape index (κ3) is 5.42. The maximum Gasteiger partial charge on any atom is 0.490 e. The highest BCUT2D eigenvalue weighted by Gasteiger charge is 2.40. The van der Waals surface area contributed by atoms with E-state index < -0.39 is 18.2 Å². The number of carboxylic acids is 1. The van der Waals surface area contributed by atoms with Crippen molar-refractivity contribution in [2.24, 2.45) is 5.73 Å². The summed E-state index contributed by atoms with van der Waals surface area (Å²) in [6.07, 6.45) is -3.67. The van der Waals surface area contributed by atoms with Gasteiger partial charge >= 0.3 is 12.1 Å². The number of piperidine rings is 1. The van der Waals surface area contributed by atoms with E-state index in [4.69, 9.17) is 15.6 Å². The van der Waals surface area contributed by atoms with Crippen molar-refractivity contribution in [3.05, 3.63) is 59.2 Å². The van der Waals surface area contributed by atoms with E-state index >= 15 is 0 Å². The lowest BCUT2D eigenvalue weighted by molar-refractivity contribution is -0.192. The van der Waals surface area contributed by atoms with E-state index in [1.807, 2.05) is 30.3 Å². The molecule has 0 aromatic heterocycles. The molecule has 2 aliphatic rings. The first-order valence-electron chi connectivity index (χ1n) is 10.4. The number of alkyl halides is 3. The number of carbonyl (C=O) groups excluding carboxylic acids is 3. The van der Waals surface area contributed by atoms with Gasteiger partial charge in [-0.2, -0.15) is 13.2 Å². The summed E-state index contributed by atoms with van der Waals surface area (Å²) in [7, 11) is 0. The van der Waals surface area contributed by atoms with E-state index in [0.29, 0.717) is 25.1 Å². The Morgan fingerprint density at radius 1 is 1.12 bits per heavy atom. The topological polar surface area (TPSA) is 130 Å². The normalized spacial score (nSPS) is 17.6. The van der Waals surface area contributed by atoms with Crippen LogP contribution in [0.1, 0.15) is 34.3 Å². The lowest BCUT2D eigenvalue weighted by atomic mass is 9.95. The SMILES string of the molecule is NCCc1cccc(-c2cccc3c2CN(C2CCC(=O)NC2=O)C3=O)c1.O=C(O)C(F)(F)F. The zero-order valence-electron chi connectivity index (χ0n) is 17.9. The molecule has 2 heterocycles. The van der Waals surface area contributed by atoms with Gasteiger partial charge in [-0.3, -0.25) is 19.7 Å². The largest absolute Gasteiger partial charge is 0.490 e. The van der Waals surface area contributed by atoms with Crippen molar-refractivity contribution in [1.82, 2.24) is 10.2 Å². The van der Waals surface area contributed by atoms with Crippen LogP contribution in [0.3, 0.4) is 0 Å². The van der Waals surface area contributed by atoms with Crippen LogP contribution < -0.4 is 11.1 Å². The molecule has 1 saturated heterocycles. The van der Waals surface area contributed by atoms with Crippen LogP contribution in [0, 0.1) is 0 Å². The van der Waals surface area contributed by atoms with E-state index in [1.54, 1.807) is 11.0 Å². The molecule has 2 aromatic carbocycles. The van der Waals surface area contributed by atoms with E-state index in [1.165, 1.54) is 0 Å². The number of nitrogens with two attached hydrogens (primary N) is 1. The number of halogens is 3. The molecule has 1 fully saturated rings. The third-order valence-electron chi connectivity index (χ3n) is 5.50. The summed E-state index contributed by atoms with van der Waals surface area (Å²) in [6.45, 7) is 0.954. The van der Waals surface area contributed by atoms with Gasteiger partial charge in [0, 0.05) is 18.5 Å². The van der Waals surface area contributed by atoms with Gasteiger partial charge in [0.25, 0.3) is 5.91 Å². The zero-order valence-corrected chi connectivity index (χ0v) is 17.9. The van der Waals surface area contributed by atoms with Gasteiger partial charge in [-0.1, -0.05) is 36.4 Å². The molecular weight excluding hydrogens is 455 g/mol. The smallest absolute Gasteiger partial charge is 0.475 e. The maximum absolute atomic E-state index is 12.9. The monoisotopic (exact) mass is 477 g/mol. The highest BCUT2D eigenvalue weighted by molar-refractivity contribution is 6.06. The van der Waals surface area contributed by atoms with Crippen molar-refractivity contribution in [1.29, 1.82) is 0 Å². The van der Waals surface area contributed by atoms with Crippen LogP contribution in [0.5, 0.6) is 0 Å². The van der Waals surface area contributed by atoms with Gasteiger partial charge in [-0.25, -0.2) is 4.79 Å². The zero-order chi connectivity index (χ0) is 25.0. The highest BCUT2D eigenvalue weighted by Crippen LogP contribution is 2.35. The summed E-state index contributed by atoms with van der Waals surface area (Å²) in [5.74, 6) is -3.58. The van der Waals surface area contributed by atoms with Gasteiger partial charge < -0.3 is 15.7 Å². The predicted molar refractivity (Wildman–Crippen MR) is 114 cm³/mol. The number of nitrogens with one attached hydrogen (secondary N) is 1. The second-order valence-electron chi connectivity index (χ2n) is 7.77. The molecule has 34 heavy (non-hydrogen) atoms. The number of carboxylic acid groups (broad SMARTS) is 1. The minimum Gasteiger partial charge on any atom is -0.475 e. The van der Waals surface area contributed by atoms with Crippen LogP contribution >= 0.6 is 0 Å². The van der Waals surface area contributed by atoms with Crippen LogP contribution in [0.4, 0.5) is 13.2 Å². The number of amides is 3. The van der Waals surface area contributed by atoms with E-state index in [9.17, 15) is 27.6 Å². The van der Waals surface area contributed by atoms with Gasteiger partial charge in [-0.15, -0.1) is 0 Å². The lowest BCUT2D eigenvalue weighted by Gasteiger charge is -2.29. The molecule has 4 rings (SSSR count). The van der Waals surface area contributed by atoms with E-state index in [2.05, 4.69) is 11.4 Å². The first-order chi connectivity index (χ1) is 16.0. The minimum atomic E-state index is -5.08. The van der Waals surface area contributed by atoms with Crippen LogP contribution in [0.2, 0.25) is 0 Å². The molecule has 0 saturated carbocycles. The molecule has 8 nitrogen and oxygen atoms in total. The van der Waals surface area contributed by atoms with Gasteiger partial charge in [-0.05, 0) is 47.7 Å². The Morgan fingerprint density at radius 3 is 2.38 bits per heavy atom. The second-order valence-corrected chi connectivity index (χ2v) is 7.77. The number of nitrogens with zero attached hydrogens (tertiary/aromatic N) is 1. The summed E-state index contributed by atoms with van der Waals surface area (Å²) >= 11 is 0. The predicted octanol–water partition coefficient (Wildman–Crippen LogP) is 2.25. The van der Waals surface area contributed by atoms with Crippen LogP contribution in [0.25, 0.3) is 11.1 Å². The van der Waals surface area contributed by atoms with E-state index in [-0.39, 0.29) is 24.1 Å². The number of hydrogen-bond acceptors (Lipinski definition) is 5. The van der Waals surface area contributed by atoms with Crippen molar-refractivity contribution in [3.63, 3.8) is 0 Å². The van der Waals surface area contributed by atoms with Gasteiger partial charge in [0.15, 0.2) is 0 Å². The number of rotatable bonds is 4. The molecule has 0 aliphatic carbocycles. The van der Waals surface area contributed by atoms with Crippen molar-refractivity contribution in [3.8, 4) is 11.1 Å². The third-order valence-corrected chi connectivity index (χ3v) is 5.50. The molecule has 1 atom stereocenters.